The Hall–Kier alpha value is -1.11. The topological polar surface area (TPSA) is 12.4 Å². The van der Waals surface area contributed by atoms with Gasteiger partial charge in [-0.15, -0.1) is 0 Å². The number of allylic oxidation sites excluding steroid dienone is 4. The number of nitrogens with zero attached hydrogens (tertiary/aromatic N) is 1. The average molecular weight is 116 g/mol. The molecule has 0 amide bonds. The average Bonchev–Trinajstić information content (AvgIpc) is 2.35. The number of rotatable bonds is 0. The van der Waals surface area contributed by atoms with Gasteiger partial charge in [-0.3, -0.25) is 0 Å². The molecular weight excluding hydrogens is 110 g/mol. The summed E-state index contributed by atoms with van der Waals surface area (Å²) in [4.78, 5) is 4.05. The van der Waals surface area contributed by atoms with Crippen molar-refractivity contribution in [3.63, 3.8) is 0 Å². The van der Waals surface area contributed by atoms with Crippen LogP contribution in [0.15, 0.2) is 40.1 Å². The van der Waals surface area contributed by atoms with Gasteiger partial charge >= 0.3 is 0 Å². The Bertz CT molecular complexity index is 264. The van der Waals surface area contributed by atoms with E-state index in [1.807, 2.05) is 6.08 Å². The largest absolute Gasteiger partial charge is 0.246 e. The third kappa shape index (κ3) is 0.515. The van der Waals surface area contributed by atoms with E-state index in [1.54, 1.807) is 0 Å². The molecule has 1 heterocycles. The van der Waals surface area contributed by atoms with Crippen LogP contribution in [-0.4, -0.2) is 6.21 Å². The molecule has 0 aromatic heterocycles. The highest BCUT2D eigenvalue weighted by atomic mass is 14.8. The Morgan fingerprint density at radius 1 is 1.44 bits per heavy atom. The molecule has 1 heteroatoms. The lowest BCUT2D eigenvalue weighted by atomic mass is 10.2. The summed E-state index contributed by atoms with van der Waals surface area (Å²) >= 11 is 0. The molecule has 1 nitrogen and oxygen atoms in total. The van der Waals surface area contributed by atoms with Crippen LogP contribution in [0.1, 0.15) is 6.92 Å². The normalized spacial score (nSPS) is 21.2. The van der Waals surface area contributed by atoms with E-state index in [2.05, 4.69) is 30.3 Å². The molecule has 0 bridgehead atoms. The fraction of sp³-hybridized carbons (Fsp3) is 0.125. The van der Waals surface area contributed by atoms with E-state index < -0.39 is 0 Å². The molecule has 0 aromatic carbocycles. The molecule has 0 saturated carbocycles. The maximum absolute atomic E-state index is 4.05. The van der Waals surface area contributed by atoms with Crippen LogP contribution in [-0.2, 0) is 0 Å². The monoisotopic (exact) mass is 116 g/mol. The van der Waals surface area contributed by atoms with Gasteiger partial charge in [0, 0.05) is 5.57 Å². The van der Waals surface area contributed by atoms with Crippen molar-refractivity contribution in [1.29, 1.82) is 0 Å². The molecule has 9 heavy (non-hydrogen) atoms. The summed E-state index contributed by atoms with van der Waals surface area (Å²) in [5.74, 6) is 0. The fourth-order valence-corrected chi connectivity index (χ4v) is 1.04. The molecule has 2 rings (SSSR count). The SMILES string of the molecule is CC1=C2N=[C]C=C2C=C1. The van der Waals surface area contributed by atoms with Gasteiger partial charge in [0.15, 0.2) is 0 Å². The summed E-state index contributed by atoms with van der Waals surface area (Å²) in [6.45, 7) is 2.06. The lowest BCUT2D eigenvalue weighted by Crippen LogP contribution is -1.72. The maximum atomic E-state index is 4.05. The van der Waals surface area contributed by atoms with Crippen molar-refractivity contribution in [1.82, 2.24) is 0 Å². The van der Waals surface area contributed by atoms with Gasteiger partial charge in [0.25, 0.3) is 0 Å². The van der Waals surface area contributed by atoms with Gasteiger partial charge in [0.2, 0.25) is 0 Å². The van der Waals surface area contributed by atoms with Crippen LogP contribution in [0.2, 0.25) is 0 Å². The third-order valence-electron chi connectivity index (χ3n) is 1.56. The molecular formula is C8H6N. The number of fused-ring (bicyclic) bond motifs is 1. The van der Waals surface area contributed by atoms with E-state index in [-0.39, 0.29) is 0 Å². The van der Waals surface area contributed by atoms with Crippen molar-refractivity contribution in [2.24, 2.45) is 4.99 Å². The molecule has 2 aliphatic rings. The smallest absolute Gasteiger partial charge is 0.0901 e. The second-order valence-corrected chi connectivity index (χ2v) is 2.21. The molecule has 0 fully saturated rings. The summed E-state index contributed by atoms with van der Waals surface area (Å²) in [7, 11) is 0. The molecule has 1 radical (unpaired) electrons. The summed E-state index contributed by atoms with van der Waals surface area (Å²) in [6.07, 6.45) is 8.85. The molecule has 1 aliphatic carbocycles. The van der Waals surface area contributed by atoms with E-state index in [1.165, 1.54) is 11.1 Å². The molecule has 43 valence electrons. The summed E-state index contributed by atoms with van der Waals surface area (Å²) < 4.78 is 0. The zero-order valence-electron chi connectivity index (χ0n) is 5.18. The van der Waals surface area contributed by atoms with Gasteiger partial charge < -0.3 is 0 Å². The van der Waals surface area contributed by atoms with Crippen molar-refractivity contribution >= 4 is 6.21 Å². The molecule has 1 aliphatic heterocycles. The van der Waals surface area contributed by atoms with Gasteiger partial charge in [-0.1, -0.05) is 12.2 Å². The van der Waals surface area contributed by atoms with Crippen LogP contribution >= 0.6 is 0 Å². The predicted octanol–water partition coefficient (Wildman–Crippen LogP) is 1.72. The van der Waals surface area contributed by atoms with Gasteiger partial charge in [0.05, 0.1) is 11.9 Å². The Morgan fingerprint density at radius 2 is 2.33 bits per heavy atom. The summed E-state index contributed by atoms with van der Waals surface area (Å²) in [5.41, 5.74) is 3.54. The first-order valence-corrected chi connectivity index (χ1v) is 2.94. The first-order chi connectivity index (χ1) is 4.38. The standard InChI is InChI=1S/C8H6N/c1-6-2-3-7-4-5-9-8(6)7/h2-4H,1H3. The molecule has 0 aromatic rings. The van der Waals surface area contributed by atoms with Crippen LogP contribution in [0, 0.1) is 0 Å². The zero-order valence-corrected chi connectivity index (χ0v) is 5.18. The minimum atomic E-state index is 1.09. The van der Waals surface area contributed by atoms with Crippen molar-refractivity contribution in [3.8, 4) is 0 Å². The minimum absolute atomic E-state index is 1.09. The van der Waals surface area contributed by atoms with Gasteiger partial charge in [-0.25, -0.2) is 4.99 Å². The van der Waals surface area contributed by atoms with Gasteiger partial charge in [-0.2, -0.15) is 0 Å². The van der Waals surface area contributed by atoms with Crippen molar-refractivity contribution < 1.29 is 0 Å². The highest BCUT2D eigenvalue weighted by molar-refractivity contribution is 5.82. The van der Waals surface area contributed by atoms with Crippen LogP contribution in [0.3, 0.4) is 0 Å². The first-order valence-electron chi connectivity index (χ1n) is 2.94. The Morgan fingerprint density at radius 3 is 3.11 bits per heavy atom. The molecule has 0 atom stereocenters. The van der Waals surface area contributed by atoms with E-state index >= 15 is 0 Å². The van der Waals surface area contributed by atoms with Crippen molar-refractivity contribution in [2.45, 2.75) is 6.92 Å². The second kappa shape index (κ2) is 1.44. The quantitative estimate of drug-likeness (QED) is 0.457. The lowest BCUT2D eigenvalue weighted by Gasteiger charge is -1.89. The van der Waals surface area contributed by atoms with Crippen LogP contribution in [0.5, 0.6) is 0 Å². The van der Waals surface area contributed by atoms with E-state index in [9.17, 15) is 0 Å². The second-order valence-electron chi connectivity index (χ2n) is 2.21. The zero-order chi connectivity index (χ0) is 6.27. The van der Waals surface area contributed by atoms with Crippen molar-refractivity contribution in [3.05, 3.63) is 35.1 Å². The molecule has 0 saturated heterocycles. The number of aliphatic imine (C=N–C) groups is 1. The highest BCUT2D eigenvalue weighted by Crippen LogP contribution is 2.27. The maximum Gasteiger partial charge on any atom is 0.0901 e. The Balaban J connectivity index is 2.62. The first kappa shape index (κ1) is 4.74. The van der Waals surface area contributed by atoms with Gasteiger partial charge in [0.1, 0.15) is 0 Å². The molecule has 0 N–H and O–H groups in total. The molecule has 0 spiro atoms. The molecule has 0 unspecified atom stereocenters. The van der Waals surface area contributed by atoms with E-state index in [0.29, 0.717) is 0 Å². The van der Waals surface area contributed by atoms with E-state index in [0.717, 1.165) is 5.70 Å². The lowest BCUT2D eigenvalue weighted by molar-refractivity contribution is 1.35. The van der Waals surface area contributed by atoms with Crippen LogP contribution < -0.4 is 0 Å². The Labute approximate surface area is 54.1 Å². The van der Waals surface area contributed by atoms with Crippen LogP contribution in [0.25, 0.3) is 0 Å². The Kier molecular flexibility index (Phi) is 0.758. The van der Waals surface area contributed by atoms with Crippen molar-refractivity contribution in [2.75, 3.05) is 0 Å². The highest BCUT2D eigenvalue weighted by Gasteiger charge is 2.11. The summed E-state index contributed by atoms with van der Waals surface area (Å²) in [5, 5.41) is 0. The summed E-state index contributed by atoms with van der Waals surface area (Å²) in [6, 6.07) is 0. The van der Waals surface area contributed by atoms with Crippen LogP contribution in [0.4, 0.5) is 0 Å². The third-order valence-corrected chi connectivity index (χ3v) is 1.56. The fourth-order valence-electron chi connectivity index (χ4n) is 1.04. The van der Waals surface area contributed by atoms with Gasteiger partial charge in [-0.05, 0) is 18.6 Å². The van der Waals surface area contributed by atoms with E-state index in [4.69, 9.17) is 0 Å². The number of hydrogen-bond donors (Lipinski definition) is 0. The minimum Gasteiger partial charge on any atom is -0.246 e. The predicted molar refractivity (Wildman–Crippen MR) is 37.4 cm³/mol. The number of hydrogen-bond acceptors (Lipinski definition) is 1.